The molecule has 1 amide bonds. The normalized spacial score (nSPS) is 18.4. The largest absolute Gasteiger partial charge is 0.467 e. The van der Waals surface area contributed by atoms with Gasteiger partial charge in [0.2, 0.25) is 0 Å². The van der Waals surface area contributed by atoms with E-state index >= 15 is 0 Å². The molecular formula is C17H19N3O3S. The number of thiophene rings is 1. The van der Waals surface area contributed by atoms with Gasteiger partial charge in [0.1, 0.15) is 6.04 Å². The number of piperazine rings is 1. The maximum absolute atomic E-state index is 12.7. The van der Waals surface area contributed by atoms with Crippen molar-refractivity contribution in [3.8, 4) is 0 Å². The van der Waals surface area contributed by atoms with E-state index in [1.165, 1.54) is 18.2 Å². The molecule has 0 radical (unpaired) electrons. The number of amides is 1. The van der Waals surface area contributed by atoms with E-state index in [1.807, 2.05) is 11.4 Å². The fraction of sp³-hybridized carbons (Fsp3) is 0.353. The van der Waals surface area contributed by atoms with E-state index in [-0.39, 0.29) is 11.9 Å². The predicted octanol–water partition coefficient (Wildman–Crippen LogP) is 1.64. The van der Waals surface area contributed by atoms with Crippen LogP contribution in [0, 0.1) is 0 Å². The summed E-state index contributed by atoms with van der Waals surface area (Å²) in [4.78, 5) is 33.9. The summed E-state index contributed by atoms with van der Waals surface area (Å²) in [6, 6.07) is 6.91. The maximum atomic E-state index is 12.7. The second kappa shape index (κ2) is 7.55. The monoisotopic (exact) mass is 345 g/mol. The number of carbonyl (C=O) groups is 2. The Balaban J connectivity index is 1.75. The fourth-order valence-corrected chi connectivity index (χ4v) is 3.59. The van der Waals surface area contributed by atoms with Crippen molar-refractivity contribution in [1.82, 2.24) is 14.8 Å². The molecule has 24 heavy (non-hydrogen) atoms. The van der Waals surface area contributed by atoms with E-state index in [4.69, 9.17) is 4.74 Å². The highest BCUT2D eigenvalue weighted by Gasteiger charge is 2.36. The number of methoxy groups -OCH3 is 1. The first-order valence-corrected chi connectivity index (χ1v) is 8.60. The first-order chi connectivity index (χ1) is 11.7. The van der Waals surface area contributed by atoms with E-state index in [9.17, 15) is 9.59 Å². The molecule has 0 aliphatic carbocycles. The highest BCUT2D eigenvalue weighted by Crippen LogP contribution is 2.19. The Morgan fingerprint density at radius 2 is 2.21 bits per heavy atom. The van der Waals surface area contributed by atoms with Crippen molar-refractivity contribution in [2.45, 2.75) is 12.6 Å². The summed E-state index contributed by atoms with van der Waals surface area (Å²) < 4.78 is 4.92. The Labute approximate surface area is 144 Å². The van der Waals surface area contributed by atoms with E-state index in [0.717, 1.165) is 13.1 Å². The van der Waals surface area contributed by atoms with E-state index < -0.39 is 6.04 Å². The van der Waals surface area contributed by atoms with Crippen molar-refractivity contribution in [3.63, 3.8) is 0 Å². The Morgan fingerprint density at radius 1 is 1.33 bits per heavy atom. The molecule has 1 unspecified atom stereocenters. The molecular weight excluding hydrogens is 326 g/mol. The van der Waals surface area contributed by atoms with Crippen molar-refractivity contribution in [2.75, 3.05) is 26.7 Å². The summed E-state index contributed by atoms with van der Waals surface area (Å²) in [6.07, 6.45) is 3.14. The van der Waals surface area contributed by atoms with Crippen LogP contribution in [0.5, 0.6) is 0 Å². The number of rotatable bonds is 4. The van der Waals surface area contributed by atoms with Gasteiger partial charge >= 0.3 is 5.97 Å². The molecule has 0 spiro atoms. The Morgan fingerprint density at radius 3 is 2.88 bits per heavy atom. The van der Waals surface area contributed by atoms with Gasteiger partial charge in [-0.25, -0.2) is 4.79 Å². The smallest absolute Gasteiger partial charge is 0.329 e. The average molecular weight is 345 g/mol. The predicted molar refractivity (Wildman–Crippen MR) is 90.7 cm³/mol. The van der Waals surface area contributed by atoms with Crippen molar-refractivity contribution in [2.24, 2.45) is 0 Å². The molecule has 2 aromatic rings. The van der Waals surface area contributed by atoms with E-state index in [1.54, 1.807) is 34.6 Å². The Bertz CT molecular complexity index is 690. The lowest BCUT2D eigenvalue weighted by molar-refractivity contribution is -0.148. The van der Waals surface area contributed by atoms with Crippen LogP contribution in [0.4, 0.5) is 0 Å². The molecule has 2 aromatic heterocycles. The van der Waals surface area contributed by atoms with Crippen LogP contribution in [-0.2, 0) is 16.1 Å². The number of pyridine rings is 1. The summed E-state index contributed by atoms with van der Waals surface area (Å²) in [7, 11) is 1.35. The van der Waals surface area contributed by atoms with Gasteiger partial charge in [0.25, 0.3) is 5.91 Å². The standard InChI is InChI=1S/C17H19N3O3S/c1-23-17(22)15-12-19(11-14-5-3-9-24-14)7-8-20(15)16(21)13-4-2-6-18-10-13/h2-6,9-10,15H,7-8,11-12H2,1H3. The topological polar surface area (TPSA) is 62.7 Å². The lowest BCUT2D eigenvalue weighted by atomic mass is 10.1. The van der Waals surface area contributed by atoms with Gasteiger partial charge in [0, 0.05) is 43.4 Å². The quantitative estimate of drug-likeness (QED) is 0.789. The van der Waals surface area contributed by atoms with Crippen LogP contribution in [-0.4, -0.2) is 59.4 Å². The highest BCUT2D eigenvalue weighted by molar-refractivity contribution is 7.09. The summed E-state index contributed by atoms with van der Waals surface area (Å²) in [5, 5.41) is 2.04. The molecule has 1 saturated heterocycles. The van der Waals surface area contributed by atoms with Gasteiger partial charge in [-0.15, -0.1) is 11.3 Å². The maximum Gasteiger partial charge on any atom is 0.329 e. The van der Waals surface area contributed by atoms with Gasteiger partial charge in [-0.05, 0) is 23.6 Å². The van der Waals surface area contributed by atoms with E-state index in [2.05, 4.69) is 16.0 Å². The minimum atomic E-state index is -0.601. The third-order valence-corrected chi connectivity index (χ3v) is 4.93. The van der Waals surface area contributed by atoms with Crippen molar-refractivity contribution >= 4 is 23.2 Å². The van der Waals surface area contributed by atoms with Gasteiger partial charge in [0.15, 0.2) is 0 Å². The van der Waals surface area contributed by atoms with Crippen molar-refractivity contribution in [1.29, 1.82) is 0 Å². The van der Waals surface area contributed by atoms with Crippen molar-refractivity contribution in [3.05, 3.63) is 52.5 Å². The number of aromatic nitrogens is 1. The number of ether oxygens (including phenoxy) is 1. The van der Waals surface area contributed by atoms with Crippen LogP contribution >= 0.6 is 11.3 Å². The molecule has 0 aromatic carbocycles. The lowest BCUT2D eigenvalue weighted by Gasteiger charge is -2.39. The Hall–Kier alpha value is -2.25. The van der Waals surface area contributed by atoms with Crippen LogP contribution in [0.1, 0.15) is 15.2 Å². The zero-order valence-electron chi connectivity index (χ0n) is 13.4. The second-order valence-corrected chi connectivity index (χ2v) is 6.63. The van der Waals surface area contributed by atoms with Crippen LogP contribution in [0.25, 0.3) is 0 Å². The van der Waals surface area contributed by atoms with Crippen LogP contribution in [0.2, 0.25) is 0 Å². The van der Waals surface area contributed by atoms with Crippen LogP contribution in [0.15, 0.2) is 42.0 Å². The number of carbonyl (C=O) groups excluding carboxylic acids is 2. The van der Waals surface area contributed by atoms with E-state index in [0.29, 0.717) is 18.7 Å². The molecule has 0 saturated carbocycles. The molecule has 6 nitrogen and oxygen atoms in total. The van der Waals surface area contributed by atoms with Crippen LogP contribution < -0.4 is 0 Å². The molecule has 126 valence electrons. The first kappa shape index (κ1) is 16.6. The van der Waals surface area contributed by atoms with Gasteiger partial charge in [-0.2, -0.15) is 0 Å². The third-order valence-electron chi connectivity index (χ3n) is 4.07. The third kappa shape index (κ3) is 3.63. The molecule has 0 bridgehead atoms. The fourth-order valence-electron chi connectivity index (χ4n) is 2.84. The zero-order valence-corrected chi connectivity index (χ0v) is 14.2. The van der Waals surface area contributed by atoms with Crippen LogP contribution in [0.3, 0.4) is 0 Å². The molecule has 7 heteroatoms. The van der Waals surface area contributed by atoms with Gasteiger partial charge < -0.3 is 9.64 Å². The lowest BCUT2D eigenvalue weighted by Crippen LogP contribution is -2.58. The number of hydrogen-bond donors (Lipinski definition) is 0. The molecule has 1 aliphatic rings. The summed E-state index contributed by atoms with van der Waals surface area (Å²) in [5.41, 5.74) is 0.484. The molecule has 3 rings (SSSR count). The molecule has 0 N–H and O–H groups in total. The minimum absolute atomic E-state index is 0.186. The Kier molecular flexibility index (Phi) is 5.22. The summed E-state index contributed by atoms with van der Waals surface area (Å²) in [6.45, 7) is 2.45. The summed E-state index contributed by atoms with van der Waals surface area (Å²) >= 11 is 1.69. The van der Waals surface area contributed by atoms with Gasteiger partial charge in [-0.3, -0.25) is 14.7 Å². The average Bonchev–Trinajstić information content (AvgIpc) is 3.14. The zero-order chi connectivity index (χ0) is 16.9. The van der Waals surface area contributed by atoms with Gasteiger partial charge in [0.05, 0.1) is 12.7 Å². The first-order valence-electron chi connectivity index (χ1n) is 7.72. The molecule has 3 heterocycles. The highest BCUT2D eigenvalue weighted by atomic mass is 32.1. The second-order valence-electron chi connectivity index (χ2n) is 5.59. The molecule has 1 aliphatic heterocycles. The number of hydrogen-bond acceptors (Lipinski definition) is 6. The summed E-state index contributed by atoms with van der Waals surface area (Å²) in [5.74, 6) is -0.572. The number of esters is 1. The number of nitrogens with zero attached hydrogens (tertiary/aromatic N) is 3. The minimum Gasteiger partial charge on any atom is -0.467 e. The van der Waals surface area contributed by atoms with Gasteiger partial charge in [-0.1, -0.05) is 6.07 Å². The molecule has 1 atom stereocenters. The van der Waals surface area contributed by atoms with Crippen molar-refractivity contribution < 1.29 is 14.3 Å². The molecule has 1 fully saturated rings. The SMILES string of the molecule is COC(=O)C1CN(Cc2cccs2)CCN1C(=O)c1cccnc1.